The highest BCUT2D eigenvalue weighted by atomic mass is 19.3. The fourth-order valence-corrected chi connectivity index (χ4v) is 9.17. The van der Waals surface area contributed by atoms with E-state index in [-0.39, 0.29) is 55.0 Å². The number of aromatic nitrogens is 7. The Labute approximate surface area is 367 Å². The number of likely N-dealkylation sites (tertiary alicyclic amines) is 1. The van der Waals surface area contributed by atoms with Gasteiger partial charge in [-0.1, -0.05) is 37.2 Å². The molecule has 2 unspecified atom stereocenters. The van der Waals surface area contributed by atoms with Gasteiger partial charge < -0.3 is 35.4 Å². The number of carboxylic acid groups (broad SMARTS) is 1. The predicted molar refractivity (Wildman–Crippen MR) is 231 cm³/mol. The molecule has 20 heteroatoms. The summed E-state index contributed by atoms with van der Waals surface area (Å²) >= 11 is 0. The monoisotopic (exact) mass is 885 g/mol. The molecule has 340 valence electrons. The number of carboxylic acids is 1. The Bertz CT molecular complexity index is 2630. The molecule has 18 nitrogen and oxygen atoms in total. The van der Waals surface area contributed by atoms with Gasteiger partial charge in [-0.05, 0) is 63.8 Å². The summed E-state index contributed by atoms with van der Waals surface area (Å²) in [6, 6.07) is 6.23. The molecule has 7 heterocycles. The number of imidazole rings is 1. The fraction of sp³-hybridized carbons (Fsp3) is 0.523. The van der Waals surface area contributed by atoms with Crippen LogP contribution in [0.5, 0.6) is 0 Å². The van der Waals surface area contributed by atoms with E-state index in [1.807, 2.05) is 6.07 Å². The molecular weight excluding hydrogens is 833 g/mol. The number of carbonyl (C=O) groups is 3. The van der Waals surface area contributed by atoms with E-state index in [1.165, 1.54) is 26.0 Å². The third kappa shape index (κ3) is 9.51. The van der Waals surface area contributed by atoms with Gasteiger partial charge in [-0.15, -0.1) is 0 Å². The summed E-state index contributed by atoms with van der Waals surface area (Å²) in [6.45, 7) is 3.74. The summed E-state index contributed by atoms with van der Waals surface area (Å²) in [6.07, 6.45) is 10.1. The number of aryl methyl sites for hydroxylation is 1. The standard InChI is InChI=1S/C22H25F2N7O2.C22H28N4O5/c23-20(24)19-17(11-31(28-19)13-4-2-1-3-5-13)26-22(32)16-9-25-30-7-6-18(27-21(16)30)29-10-15-8-14(29)12-33-15;1-24-12-10-16(11-13-24)31-14-4-6-15-5-3-7-17-20(15)25(2)22(30)26(17)18(21(28)29)8-9-19(23)27/h6-7,9,11,13-15,20H,1-5,8,10,12H2,(H,26,32);3,5,7,16,18H,8-14H2,1-2H3,(H2,23,27)(H,28,29)/t14-,15?;/m1./s1. The van der Waals surface area contributed by atoms with Gasteiger partial charge in [-0.3, -0.25) is 23.4 Å². The van der Waals surface area contributed by atoms with Gasteiger partial charge in [0.2, 0.25) is 5.91 Å². The van der Waals surface area contributed by atoms with Crippen LogP contribution < -0.4 is 21.6 Å². The van der Waals surface area contributed by atoms with E-state index >= 15 is 0 Å². The second-order valence-corrected chi connectivity index (χ2v) is 16.9. The van der Waals surface area contributed by atoms with Crippen molar-refractivity contribution in [2.75, 3.05) is 50.1 Å². The molecule has 4 aromatic heterocycles. The van der Waals surface area contributed by atoms with Crippen LogP contribution in [0.2, 0.25) is 0 Å². The molecule has 1 aromatic carbocycles. The number of amides is 2. The summed E-state index contributed by atoms with van der Waals surface area (Å²) in [4.78, 5) is 58.0. The van der Waals surface area contributed by atoms with Crippen LogP contribution in [0.4, 0.5) is 20.3 Å². The number of hydrogen-bond donors (Lipinski definition) is 3. The first-order valence-electron chi connectivity index (χ1n) is 21.8. The minimum absolute atomic E-state index is 0.0325. The maximum atomic E-state index is 13.7. The summed E-state index contributed by atoms with van der Waals surface area (Å²) in [5.74, 6) is 4.48. The van der Waals surface area contributed by atoms with Crippen LogP contribution in [0.3, 0.4) is 0 Å². The van der Waals surface area contributed by atoms with Crippen molar-refractivity contribution in [1.82, 2.24) is 38.4 Å². The molecule has 3 atom stereocenters. The van der Waals surface area contributed by atoms with Gasteiger partial charge >= 0.3 is 11.7 Å². The topological polar surface area (TPSA) is 209 Å². The van der Waals surface area contributed by atoms with E-state index in [4.69, 9.17) is 15.2 Å². The number of hydrogen-bond acceptors (Lipinski definition) is 11. The molecule has 64 heavy (non-hydrogen) atoms. The second-order valence-electron chi connectivity index (χ2n) is 16.9. The number of carbonyl (C=O) groups excluding carboxylic acids is 2. The lowest BCUT2D eigenvalue weighted by atomic mass is 9.96. The molecule has 2 bridgehead atoms. The van der Waals surface area contributed by atoms with Crippen molar-refractivity contribution in [3.63, 3.8) is 0 Å². The second kappa shape index (κ2) is 19.3. The van der Waals surface area contributed by atoms with Gasteiger partial charge in [-0.25, -0.2) is 27.9 Å². The number of nitrogens with two attached hydrogens (primary N) is 1. The predicted octanol–water partition coefficient (Wildman–Crippen LogP) is 4.29. The Kier molecular flexibility index (Phi) is 13.4. The smallest absolute Gasteiger partial charge is 0.329 e. The van der Waals surface area contributed by atoms with Crippen molar-refractivity contribution in [3.8, 4) is 11.8 Å². The molecule has 4 aliphatic rings. The van der Waals surface area contributed by atoms with Crippen LogP contribution in [0.15, 0.2) is 47.7 Å². The maximum Gasteiger partial charge on any atom is 0.329 e. The Morgan fingerprint density at radius 3 is 2.55 bits per heavy atom. The van der Waals surface area contributed by atoms with Crippen LogP contribution >= 0.6 is 0 Å². The molecular formula is C44H53F2N11O7. The molecule has 5 aromatic rings. The van der Waals surface area contributed by atoms with Gasteiger partial charge in [-0.2, -0.15) is 10.2 Å². The Morgan fingerprint density at radius 1 is 1.08 bits per heavy atom. The van der Waals surface area contributed by atoms with E-state index in [0.717, 1.165) is 76.8 Å². The Morgan fingerprint density at radius 2 is 1.86 bits per heavy atom. The van der Waals surface area contributed by atoms with Crippen LogP contribution in [0, 0.1) is 11.8 Å². The van der Waals surface area contributed by atoms with E-state index in [9.17, 15) is 33.1 Å². The maximum absolute atomic E-state index is 13.7. The molecule has 4 fully saturated rings. The first kappa shape index (κ1) is 44.4. The average Bonchev–Trinajstić information content (AvgIpc) is 4.14. The summed E-state index contributed by atoms with van der Waals surface area (Å²) in [5, 5.41) is 20.6. The van der Waals surface area contributed by atoms with E-state index < -0.39 is 41.6 Å². The molecule has 0 spiro atoms. The number of para-hydroxylation sites is 1. The van der Waals surface area contributed by atoms with Gasteiger partial charge in [0.25, 0.3) is 12.3 Å². The number of nitrogens with zero attached hydrogens (tertiary/aromatic N) is 9. The number of rotatable bonds is 12. The number of nitrogens with one attached hydrogen (secondary N) is 1. The van der Waals surface area contributed by atoms with E-state index in [2.05, 4.69) is 49.2 Å². The van der Waals surface area contributed by atoms with Crippen molar-refractivity contribution in [2.24, 2.45) is 12.8 Å². The molecule has 1 saturated carbocycles. The number of piperidine rings is 1. The summed E-state index contributed by atoms with van der Waals surface area (Å²) < 4.78 is 44.6. The summed E-state index contributed by atoms with van der Waals surface area (Å²) in [7, 11) is 3.67. The van der Waals surface area contributed by atoms with Gasteiger partial charge in [0.05, 0.1) is 59.4 Å². The first-order chi connectivity index (χ1) is 30.9. The Balaban J connectivity index is 0.000000176. The average molecular weight is 886 g/mol. The number of benzene rings is 1. The third-order valence-corrected chi connectivity index (χ3v) is 12.6. The molecule has 3 saturated heterocycles. The molecule has 2 amide bonds. The third-order valence-electron chi connectivity index (χ3n) is 12.6. The largest absolute Gasteiger partial charge is 0.480 e. The lowest BCUT2D eigenvalue weighted by Crippen LogP contribution is -2.37. The SMILES string of the molecule is CN1CCC(OCC#Cc2cccc3c2n(C)c(=O)n3C(CCC(N)=O)C(=O)O)CC1.O=C(Nc1cn(C2CCCCC2)nc1C(F)F)c1cnn2ccc(N3CC4C[C@@H]3CO4)nc12. The van der Waals surface area contributed by atoms with Crippen molar-refractivity contribution in [2.45, 2.75) is 101 Å². The lowest BCUT2D eigenvalue weighted by molar-refractivity contribution is -0.141. The normalized spacial score (nSPS) is 19.7. The number of ether oxygens (including phenoxy) is 2. The van der Waals surface area contributed by atoms with Gasteiger partial charge in [0.15, 0.2) is 11.3 Å². The van der Waals surface area contributed by atoms with Crippen LogP contribution in [0.1, 0.15) is 104 Å². The van der Waals surface area contributed by atoms with Gasteiger partial charge in [0, 0.05) is 45.5 Å². The first-order valence-corrected chi connectivity index (χ1v) is 21.8. The fourth-order valence-electron chi connectivity index (χ4n) is 9.17. The molecule has 1 aliphatic carbocycles. The number of alkyl halides is 2. The van der Waals surface area contributed by atoms with Crippen molar-refractivity contribution in [3.05, 3.63) is 70.2 Å². The number of primary amides is 1. The molecule has 3 aliphatic heterocycles. The van der Waals surface area contributed by atoms with E-state index in [0.29, 0.717) is 28.9 Å². The molecule has 0 radical (unpaired) electrons. The Hall–Kier alpha value is -6.17. The summed E-state index contributed by atoms with van der Waals surface area (Å²) in [5.41, 5.74) is 6.53. The highest BCUT2D eigenvalue weighted by Gasteiger charge is 2.40. The van der Waals surface area contributed by atoms with Crippen molar-refractivity contribution < 1.29 is 37.7 Å². The van der Waals surface area contributed by atoms with Crippen LogP contribution in [-0.4, -0.2) is 119 Å². The number of fused-ring (bicyclic) bond motifs is 4. The lowest BCUT2D eigenvalue weighted by Gasteiger charge is -2.28. The number of morpholine rings is 1. The zero-order chi connectivity index (χ0) is 45.1. The minimum Gasteiger partial charge on any atom is -0.480 e. The van der Waals surface area contributed by atoms with Crippen molar-refractivity contribution in [1.29, 1.82) is 0 Å². The van der Waals surface area contributed by atoms with Crippen LogP contribution in [0.25, 0.3) is 16.7 Å². The number of anilines is 2. The minimum atomic E-state index is -2.79. The highest BCUT2D eigenvalue weighted by Crippen LogP contribution is 2.34. The molecule has 4 N–H and O–H groups in total. The van der Waals surface area contributed by atoms with E-state index in [1.54, 1.807) is 36.1 Å². The quantitative estimate of drug-likeness (QED) is 0.150. The zero-order valence-electron chi connectivity index (χ0n) is 35.9. The van der Waals surface area contributed by atoms with Gasteiger partial charge in [0.1, 0.15) is 24.0 Å². The molecule has 9 rings (SSSR count). The van der Waals surface area contributed by atoms with Crippen molar-refractivity contribution >= 4 is 46.0 Å². The van der Waals surface area contributed by atoms with Crippen LogP contribution in [-0.2, 0) is 26.1 Å². The zero-order valence-corrected chi connectivity index (χ0v) is 35.9. The number of aliphatic carboxylic acids is 1. The highest BCUT2D eigenvalue weighted by molar-refractivity contribution is 6.08. The number of halogens is 2.